The molecule has 23 heavy (non-hydrogen) atoms. The lowest BCUT2D eigenvalue weighted by atomic mass is 10.1. The Balaban J connectivity index is 1.74. The van der Waals surface area contributed by atoms with Gasteiger partial charge in [-0.3, -0.25) is 4.79 Å². The highest BCUT2D eigenvalue weighted by atomic mass is 16.4. The van der Waals surface area contributed by atoms with Crippen LogP contribution in [-0.2, 0) is 6.42 Å². The first kappa shape index (κ1) is 15.8. The van der Waals surface area contributed by atoms with E-state index in [9.17, 15) is 4.79 Å². The Morgan fingerprint density at radius 2 is 2.04 bits per heavy atom. The highest BCUT2D eigenvalue weighted by Gasteiger charge is 2.25. The van der Waals surface area contributed by atoms with E-state index in [0.717, 1.165) is 43.7 Å². The van der Waals surface area contributed by atoms with E-state index in [4.69, 9.17) is 4.42 Å². The molecule has 0 spiro atoms. The number of nitrogens with one attached hydrogen (secondary N) is 1. The van der Waals surface area contributed by atoms with Gasteiger partial charge in [-0.1, -0.05) is 31.2 Å². The molecule has 1 unspecified atom stereocenters. The molecule has 1 atom stereocenters. The molecular weight excluding hydrogens is 288 g/mol. The fraction of sp³-hybridized carbons (Fsp3) is 0.421. The third kappa shape index (κ3) is 3.48. The first-order valence-corrected chi connectivity index (χ1v) is 8.37. The minimum Gasteiger partial charge on any atom is -0.451 e. The second-order valence-electron chi connectivity index (χ2n) is 6.09. The lowest BCUT2D eigenvalue weighted by molar-refractivity contribution is 0.0667. The number of hydrogen-bond acceptors (Lipinski definition) is 3. The van der Waals surface area contributed by atoms with Gasteiger partial charge in [-0.25, -0.2) is 0 Å². The van der Waals surface area contributed by atoms with Crippen molar-refractivity contribution in [1.29, 1.82) is 0 Å². The first-order valence-electron chi connectivity index (χ1n) is 8.37. The number of likely N-dealkylation sites (N-methyl/N-ethyl adjacent to an activating group) is 1. The summed E-state index contributed by atoms with van der Waals surface area (Å²) in [4.78, 5) is 14.5. The maximum absolute atomic E-state index is 12.6. The van der Waals surface area contributed by atoms with Gasteiger partial charge in [0.2, 0.25) is 0 Å². The number of carbonyl (C=O) groups is 1. The van der Waals surface area contributed by atoms with E-state index in [0.29, 0.717) is 11.8 Å². The van der Waals surface area contributed by atoms with E-state index in [1.54, 1.807) is 6.07 Å². The van der Waals surface area contributed by atoms with Crippen LogP contribution in [0, 0.1) is 0 Å². The number of carbonyl (C=O) groups excluding carboxylic acids is 1. The molecule has 0 aliphatic carbocycles. The van der Waals surface area contributed by atoms with Crippen molar-refractivity contribution < 1.29 is 9.21 Å². The topological polar surface area (TPSA) is 45.5 Å². The smallest absolute Gasteiger partial charge is 0.289 e. The zero-order chi connectivity index (χ0) is 16.2. The molecule has 2 aromatic rings. The first-order chi connectivity index (χ1) is 11.2. The predicted octanol–water partition coefficient (Wildman–Crippen LogP) is 3.33. The molecule has 1 aliphatic rings. The van der Waals surface area contributed by atoms with Gasteiger partial charge in [-0.15, -0.1) is 0 Å². The molecule has 1 aromatic heterocycles. The van der Waals surface area contributed by atoms with Crippen LogP contribution in [0.4, 0.5) is 0 Å². The van der Waals surface area contributed by atoms with Crippen molar-refractivity contribution in [3.63, 3.8) is 0 Å². The molecular formula is C19H24N2O2. The normalized spacial score (nSPS) is 18.2. The zero-order valence-corrected chi connectivity index (χ0v) is 13.8. The van der Waals surface area contributed by atoms with Gasteiger partial charge in [0.15, 0.2) is 5.76 Å². The molecule has 3 rings (SSSR count). The molecule has 1 amide bonds. The van der Waals surface area contributed by atoms with Crippen molar-refractivity contribution >= 4 is 5.91 Å². The van der Waals surface area contributed by atoms with Gasteiger partial charge in [0.05, 0.1) is 0 Å². The molecule has 1 saturated heterocycles. The summed E-state index contributed by atoms with van der Waals surface area (Å²) in [5.74, 6) is 1.16. The van der Waals surface area contributed by atoms with Crippen LogP contribution in [0.25, 0.3) is 11.3 Å². The molecule has 1 N–H and O–H groups in total. The Hall–Kier alpha value is -2.07. The van der Waals surface area contributed by atoms with Gasteiger partial charge in [0, 0.05) is 24.7 Å². The van der Waals surface area contributed by atoms with Crippen LogP contribution in [0.5, 0.6) is 0 Å². The third-order valence-electron chi connectivity index (χ3n) is 4.58. The SMILES string of the molecule is CCc1ccc(-c2ccc(C(=O)N3CCCC(NC)C3)o2)cc1. The van der Waals surface area contributed by atoms with E-state index in [1.165, 1.54) is 5.56 Å². The van der Waals surface area contributed by atoms with E-state index < -0.39 is 0 Å². The number of hydrogen-bond donors (Lipinski definition) is 1. The number of amides is 1. The Labute approximate surface area is 137 Å². The molecule has 1 aromatic carbocycles. The van der Waals surface area contributed by atoms with E-state index in [2.05, 4.69) is 24.4 Å². The van der Waals surface area contributed by atoms with Crippen molar-refractivity contribution in [2.45, 2.75) is 32.2 Å². The van der Waals surface area contributed by atoms with Crippen molar-refractivity contribution in [1.82, 2.24) is 10.2 Å². The summed E-state index contributed by atoms with van der Waals surface area (Å²) in [6, 6.07) is 12.3. The van der Waals surface area contributed by atoms with Crippen molar-refractivity contribution in [3.05, 3.63) is 47.7 Å². The summed E-state index contributed by atoms with van der Waals surface area (Å²) in [5, 5.41) is 3.26. The highest BCUT2D eigenvalue weighted by molar-refractivity contribution is 5.92. The molecule has 4 nitrogen and oxygen atoms in total. The van der Waals surface area contributed by atoms with Crippen LogP contribution in [0.15, 0.2) is 40.8 Å². The fourth-order valence-corrected chi connectivity index (χ4v) is 3.07. The van der Waals surface area contributed by atoms with Crippen LogP contribution in [0.3, 0.4) is 0 Å². The van der Waals surface area contributed by atoms with Gasteiger partial charge in [-0.05, 0) is 44.0 Å². The minimum atomic E-state index is -0.0126. The summed E-state index contributed by atoms with van der Waals surface area (Å²) in [6.07, 6.45) is 3.17. The van der Waals surface area contributed by atoms with Crippen LogP contribution in [0.1, 0.15) is 35.9 Å². The number of piperidine rings is 1. The number of furan rings is 1. The lowest BCUT2D eigenvalue weighted by Gasteiger charge is -2.31. The van der Waals surface area contributed by atoms with Crippen LogP contribution < -0.4 is 5.32 Å². The van der Waals surface area contributed by atoms with Gasteiger partial charge in [-0.2, -0.15) is 0 Å². The minimum absolute atomic E-state index is 0.0126. The van der Waals surface area contributed by atoms with Gasteiger partial charge in [0.1, 0.15) is 5.76 Å². The average Bonchev–Trinajstić information content (AvgIpc) is 3.11. The van der Waals surface area contributed by atoms with Crippen molar-refractivity contribution in [3.8, 4) is 11.3 Å². The second kappa shape index (κ2) is 7.01. The summed E-state index contributed by atoms with van der Waals surface area (Å²) in [5.41, 5.74) is 2.30. The predicted molar refractivity (Wildman–Crippen MR) is 91.5 cm³/mol. The number of nitrogens with zero attached hydrogens (tertiary/aromatic N) is 1. The Kier molecular flexibility index (Phi) is 4.82. The number of benzene rings is 1. The number of likely N-dealkylation sites (tertiary alicyclic amines) is 1. The molecule has 1 fully saturated rings. The van der Waals surface area contributed by atoms with Gasteiger partial charge >= 0.3 is 0 Å². The van der Waals surface area contributed by atoms with Crippen molar-refractivity contribution in [2.75, 3.05) is 20.1 Å². The van der Waals surface area contributed by atoms with Crippen LogP contribution in [-0.4, -0.2) is 37.0 Å². The van der Waals surface area contributed by atoms with Crippen LogP contribution >= 0.6 is 0 Å². The van der Waals surface area contributed by atoms with E-state index in [1.807, 2.05) is 30.1 Å². The standard InChI is InChI=1S/C19H24N2O2/c1-3-14-6-8-15(9-7-14)17-10-11-18(23-17)19(22)21-12-4-5-16(13-21)20-2/h6-11,16,20H,3-5,12-13H2,1-2H3. The Bertz CT molecular complexity index is 660. The second-order valence-corrected chi connectivity index (χ2v) is 6.09. The maximum Gasteiger partial charge on any atom is 0.289 e. The lowest BCUT2D eigenvalue weighted by Crippen LogP contribution is -2.46. The van der Waals surface area contributed by atoms with Crippen molar-refractivity contribution in [2.24, 2.45) is 0 Å². The summed E-state index contributed by atoms with van der Waals surface area (Å²) in [6.45, 7) is 3.69. The Morgan fingerprint density at radius 1 is 1.26 bits per heavy atom. The molecule has 122 valence electrons. The molecule has 4 heteroatoms. The quantitative estimate of drug-likeness (QED) is 0.942. The number of rotatable bonds is 4. The maximum atomic E-state index is 12.6. The van der Waals surface area contributed by atoms with Gasteiger partial charge in [0.25, 0.3) is 5.91 Å². The van der Waals surface area contributed by atoms with E-state index >= 15 is 0 Å². The van der Waals surface area contributed by atoms with Gasteiger partial charge < -0.3 is 14.6 Å². The molecule has 0 bridgehead atoms. The molecule has 0 radical (unpaired) electrons. The molecule has 0 saturated carbocycles. The zero-order valence-electron chi connectivity index (χ0n) is 13.8. The average molecular weight is 312 g/mol. The Morgan fingerprint density at radius 3 is 2.74 bits per heavy atom. The van der Waals surface area contributed by atoms with E-state index in [-0.39, 0.29) is 5.91 Å². The largest absolute Gasteiger partial charge is 0.451 e. The number of aryl methyl sites for hydroxylation is 1. The summed E-state index contributed by atoms with van der Waals surface area (Å²) < 4.78 is 5.82. The summed E-state index contributed by atoms with van der Waals surface area (Å²) in [7, 11) is 1.95. The molecule has 1 aliphatic heterocycles. The monoisotopic (exact) mass is 312 g/mol. The highest BCUT2D eigenvalue weighted by Crippen LogP contribution is 2.24. The third-order valence-corrected chi connectivity index (χ3v) is 4.58. The fourth-order valence-electron chi connectivity index (χ4n) is 3.07. The van der Waals surface area contributed by atoms with Crippen LogP contribution in [0.2, 0.25) is 0 Å². The summed E-state index contributed by atoms with van der Waals surface area (Å²) >= 11 is 0. The molecule has 2 heterocycles.